The van der Waals surface area contributed by atoms with E-state index in [-0.39, 0.29) is 11.1 Å². The topological polar surface area (TPSA) is 112 Å². The van der Waals surface area contributed by atoms with Crippen molar-refractivity contribution in [1.82, 2.24) is 0 Å². The molecule has 0 atom stereocenters. The molecule has 0 amide bonds. The predicted molar refractivity (Wildman–Crippen MR) is 72.0 cm³/mol. The Morgan fingerprint density at radius 3 is 1.60 bits per heavy atom. The van der Waals surface area contributed by atoms with E-state index in [1.54, 1.807) is 13.0 Å². The molecule has 0 aliphatic carbocycles. The lowest BCUT2D eigenvalue weighted by Crippen LogP contribution is -2.06. The number of allylic oxidation sites excluding steroid dienone is 1. The summed E-state index contributed by atoms with van der Waals surface area (Å²) in [6.45, 7) is 3.50. The number of carbonyl (C=O) groups is 3. The van der Waals surface area contributed by atoms with Crippen LogP contribution in [0.2, 0.25) is 0 Å². The lowest BCUT2D eigenvalue weighted by atomic mass is 10.1. The quantitative estimate of drug-likeness (QED) is 0.730. The molecule has 0 aliphatic rings. The van der Waals surface area contributed by atoms with Crippen LogP contribution in [0.1, 0.15) is 41.0 Å². The zero-order valence-corrected chi connectivity index (χ0v) is 11.2. The van der Waals surface area contributed by atoms with Gasteiger partial charge in [-0.25, -0.2) is 14.4 Å². The van der Waals surface area contributed by atoms with Crippen molar-refractivity contribution in [3.8, 4) is 0 Å². The zero-order chi connectivity index (χ0) is 15.7. The maximum absolute atomic E-state index is 10.5. The van der Waals surface area contributed by atoms with Crippen molar-refractivity contribution in [2.24, 2.45) is 0 Å². The molecule has 1 rings (SSSR count). The van der Waals surface area contributed by atoms with Gasteiger partial charge in [-0.15, -0.1) is 0 Å². The average Bonchev–Trinajstić information content (AvgIpc) is 2.39. The number of hydrogen-bond acceptors (Lipinski definition) is 3. The van der Waals surface area contributed by atoms with Gasteiger partial charge in [0.15, 0.2) is 0 Å². The Kier molecular flexibility index (Phi) is 7.35. The maximum Gasteiger partial charge on any atom is 0.336 e. The van der Waals surface area contributed by atoms with E-state index in [2.05, 4.69) is 0 Å². The van der Waals surface area contributed by atoms with Crippen LogP contribution in [0.3, 0.4) is 0 Å². The van der Waals surface area contributed by atoms with Gasteiger partial charge in [-0.05, 0) is 25.5 Å². The molecule has 0 radical (unpaired) electrons. The molecule has 0 unspecified atom stereocenters. The summed E-state index contributed by atoms with van der Waals surface area (Å²) in [5, 5.41) is 25.3. The van der Waals surface area contributed by atoms with Gasteiger partial charge in [0.05, 0.1) is 11.1 Å². The first-order valence-electron chi connectivity index (χ1n) is 5.76. The predicted octanol–water partition coefficient (Wildman–Crippen LogP) is 2.51. The van der Waals surface area contributed by atoms with Gasteiger partial charge in [0, 0.05) is 5.57 Å². The van der Waals surface area contributed by atoms with Crippen LogP contribution in [0.15, 0.2) is 35.9 Å². The van der Waals surface area contributed by atoms with E-state index >= 15 is 0 Å². The highest BCUT2D eigenvalue weighted by molar-refractivity contribution is 6.01. The van der Waals surface area contributed by atoms with Gasteiger partial charge in [-0.3, -0.25) is 0 Å². The third-order valence-corrected chi connectivity index (χ3v) is 2.24. The second kappa shape index (κ2) is 8.47. The van der Waals surface area contributed by atoms with Gasteiger partial charge in [-0.2, -0.15) is 0 Å². The smallest absolute Gasteiger partial charge is 0.336 e. The van der Waals surface area contributed by atoms with Crippen molar-refractivity contribution >= 4 is 17.9 Å². The van der Waals surface area contributed by atoms with Crippen LogP contribution in [-0.2, 0) is 4.79 Å². The number of aromatic carboxylic acids is 2. The summed E-state index contributed by atoms with van der Waals surface area (Å²) in [6, 6.07) is 5.48. The van der Waals surface area contributed by atoms with E-state index in [1.165, 1.54) is 24.3 Å². The lowest BCUT2D eigenvalue weighted by molar-refractivity contribution is -0.132. The molecule has 0 spiro atoms. The minimum absolute atomic E-state index is 0.190. The van der Waals surface area contributed by atoms with E-state index in [1.807, 2.05) is 6.92 Å². The van der Waals surface area contributed by atoms with E-state index < -0.39 is 17.9 Å². The molecule has 0 aromatic heterocycles. The Morgan fingerprint density at radius 2 is 1.40 bits per heavy atom. The molecular formula is C14H16O6. The molecule has 0 fully saturated rings. The molecule has 0 aliphatic heterocycles. The summed E-state index contributed by atoms with van der Waals surface area (Å²) >= 11 is 0. The van der Waals surface area contributed by atoms with Crippen molar-refractivity contribution in [3.05, 3.63) is 47.0 Å². The molecule has 0 saturated heterocycles. The van der Waals surface area contributed by atoms with Gasteiger partial charge in [-0.1, -0.05) is 25.1 Å². The average molecular weight is 280 g/mol. The summed E-state index contributed by atoms with van der Waals surface area (Å²) in [4.78, 5) is 30.9. The monoisotopic (exact) mass is 280 g/mol. The summed E-state index contributed by atoms with van der Waals surface area (Å²) in [6.07, 6.45) is 2.47. The largest absolute Gasteiger partial charge is 0.478 e. The van der Waals surface area contributed by atoms with Crippen LogP contribution in [0.5, 0.6) is 0 Å². The van der Waals surface area contributed by atoms with Crippen molar-refractivity contribution in [2.75, 3.05) is 0 Å². The van der Waals surface area contributed by atoms with Crippen LogP contribution >= 0.6 is 0 Å². The molecule has 20 heavy (non-hydrogen) atoms. The molecular weight excluding hydrogens is 264 g/mol. The van der Waals surface area contributed by atoms with Crippen molar-refractivity contribution < 1.29 is 29.7 Å². The first-order chi connectivity index (χ1) is 9.31. The summed E-state index contributed by atoms with van der Waals surface area (Å²) < 4.78 is 0. The first-order valence-corrected chi connectivity index (χ1v) is 5.76. The molecule has 0 saturated carbocycles. The number of aliphatic carboxylic acids is 1. The second-order valence-corrected chi connectivity index (χ2v) is 3.76. The summed E-state index contributed by atoms with van der Waals surface area (Å²) in [5.41, 5.74) is 0.0440. The molecule has 3 N–H and O–H groups in total. The molecule has 1 aromatic rings. The lowest BCUT2D eigenvalue weighted by Gasteiger charge is -1.98. The molecule has 0 bridgehead atoms. The van der Waals surface area contributed by atoms with E-state index in [0.717, 1.165) is 6.42 Å². The van der Waals surface area contributed by atoms with Gasteiger partial charge in [0.1, 0.15) is 0 Å². The van der Waals surface area contributed by atoms with Gasteiger partial charge < -0.3 is 15.3 Å². The SMILES string of the molecule is CCC=C(C)C(=O)O.O=C(O)c1ccccc1C(=O)O. The number of rotatable bonds is 4. The second-order valence-electron chi connectivity index (χ2n) is 3.76. The molecule has 108 valence electrons. The van der Waals surface area contributed by atoms with Crippen LogP contribution in [-0.4, -0.2) is 33.2 Å². The molecule has 0 heterocycles. The number of carboxylic acid groups (broad SMARTS) is 3. The van der Waals surface area contributed by atoms with Crippen molar-refractivity contribution in [2.45, 2.75) is 20.3 Å². The fourth-order valence-electron chi connectivity index (χ4n) is 1.25. The Balaban J connectivity index is 0.000000396. The molecule has 6 heteroatoms. The fraction of sp³-hybridized carbons (Fsp3) is 0.214. The zero-order valence-electron chi connectivity index (χ0n) is 11.2. The Labute approximate surface area is 116 Å². The van der Waals surface area contributed by atoms with E-state index in [9.17, 15) is 14.4 Å². The molecule has 6 nitrogen and oxygen atoms in total. The number of carboxylic acids is 3. The van der Waals surface area contributed by atoms with Gasteiger partial charge >= 0.3 is 17.9 Å². The minimum atomic E-state index is -1.23. The third-order valence-electron chi connectivity index (χ3n) is 2.24. The minimum Gasteiger partial charge on any atom is -0.478 e. The van der Waals surface area contributed by atoms with Crippen LogP contribution in [0.4, 0.5) is 0 Å². The van der Waals surface area contributed by atoms with Crippen molar-refractivity contribution in [3.63, 3.8) is 0 Å². The highest BCUT2D eigenvalue weighted by atomic mass is 16.4. The highest BCUT2D eigenvalue weighted by Gasteiger charge is 2.13. The number of hydrogen-bond donors (Lipinski definition) is 3. The number of benzene rings is 1. The maximum atomic E-state index is 10.5. The Bertz CT molecular complexity index is 497. The normalized spacial score (nSPS) is 10.2. The van der Waals surface area contributed by atoms with Gasteiger partial charge in [0.2, 0.25) is 0 Å². The Hall–Kier alpha value is -2.63. The fourth-order valence-corrected chi connectivity index (χ4v) is 1.25. The third kappa shape index (κ3) is 5.81. The summed E-state index contributed by atoms with van der Waals surface area (Å²) in [5.74, 6) is -3.28. The first kappa shape index (κ1) is 17.4. The Morgan fingerprint density at radius 1 is 1.00 bits per heavy atom. The molecule has 1 aromatic carbocycles. The van der Waals surface area contributed by atoms with Crippen LogP contribution < -0.4 is 0 Å². The van der Waals surface area contributed by atoms with E-state index in [0.29, 0.717) is 5.57 Å². The van der Waals surface area contributed by atoms with E-state index in [4.69, 9.17) is 15.3 Å². The summed E-state index contributed by atoms with van der Waals surface area (Å²) in [7, 11) is 0. The van der Waals surface area contributed by atoms with Crippen LogP contribution in [0, 0.1) is 0 Å². The van der Waals surface area contributed by atoms with Crippen LogP contribution in [0.25, 0.3) is 0 Å². The highest BCUT2D eigenvalue weighted by Crippen LogP contribution is 2.07. The van der Waals surface area contributed by atoms with Crippen molar-refractivity contribution in [1.29, 1.82) is 0 Å². The van der Waals surface area contributed by atoms with Gasteiger partial charge in [0.25, 0.3) is 0 Å². The standard InChI is InChI=1S/C8H6O4.C6H10O2/c9-7(10)5-3-1-2-4-6(5)8(11)12;1-3-4-5(2)6(7)8/h1-4H,(H,9,10)(H,11,12);4H,3H2,1-2H3,(H,7,8).